The summed E-state index contributed by atoms with van der Waals surface area (Å²) in [7, 11) is -3.58. The number of furan rings is 1. The number of aryl methyl sites for hydroxylation is 1. The molecule has 0 saturated heterocycles. The van der Waals surface area contributed by atoms with Crippen LogP contribution >= 0.6 is 0 Å². The van der Waals surface area contributed by atoms with Gasteiger partial charge in [-0.2, -0.15) is 0 Å². The number of benzene rings is 1. The molecule has 2 rings (SSSR count). The molecule has 1 aromatic carbocycles. The third kappa shape index (κ3) is 3.93. The van der Waals surface area contributed by atoms with E-state index >= 15 is 0 Å². The molecule has 20 heavy (non-hydrogen) atoms. The van der Waals surface area contributed by atoms with E-state index in [1.165, 1.54) is 11.6 Å². The summed E-state index contributed by atoms with van der Waals surface area (Å²) in [5, 5.41) is -0.0855. The van der Waals surface area contributed by atoms with Gasteiger partial charge in [0.15, 0.2) is 0 Å². The van der Waals surface area contributed by atoms with E-state index in [2.05, 4.69) is 4.72 Å². The van der Waals surface area contributed by atoms with Crippen molar-refractivity contribution in [3.05, 3.63) is 53.8 Å². The Bertz CT molecular complexity index is 635. The second kappa shape index (κ2) is 6.69. The monoisotopic (exact) mass is 294 g/mol. The van der Waals surface area contributed by atoms with Crippen molar-refractivity contribution < 1.29 is 12.8 Å². The Morgan fingerprint density at radius 3 is 2.50 bits per heavy atom. The average molecular weight is 294 g/mol. The summed E-state index contributed by atoms with van der Waals surface area (Å²) in [4.78, 5) is 0. The summed E-state index contributed by atoms with van der Waals surface area (Å²) >= 11 is 0. The average Bonchev–Trinajstić information content (AvgIpc) is 2.95. The molecule has 0 unspecified atom stereocenters. The maximum atomic E-state index is 11.9. The SMILES string of the molecule is NCc1ccc(S(=O)(=O)NCCCc2ccccc2)o1. The normalized spacial score (nSPS) is 11.7. The summed E-state index contributed by atoms with van der Waals surface area (Å²) in [5.74, 6) is 0.453. The second-order valence-electron chi connectivity index (χ2n) is 4.41. The molecule has 1 heterocycles. The number of hydrogen-bond donors (Lipinski definition) is 2. The largest absolute Gasteiger partial charge is 0.447 e. The zero-order valence-electron chi connectivity index (χ0n) is 11.1. The fourth-order valence-corrected chi connectivity index (χ4v) is 2.85. The van der Waals surface area contributed by atoms with Gasteiger partial charge in [0.2, 0.25) is 5.09 Å². The molecule has 0 saturated carbocycles. The number of nitrogens with one attached hydrogen (secondary N) is 1. The molecule has 108 valence electrons. The van der Waals surface area contributed by atoms with Crippen LogP contribution in [0.15, 0.2) is 52.0 Å². The summed E-state index contributed by atoms with van der Waals surface area (Å²) in [6.07, 6.45) is 1.56. The van der Waals surface area contributed by atoms with E-state index in [1.807, 2.05) is 30.3 Å². The lowest BCUT2D eigenvalue weighted by Crippen LogP contribution is -2.24. The molecule has 0 radical (unpaired) electrons. The first-order valence-electron chi connectivity index (χ1n) is 6.44. The second-order valence-corrected chi connectivity index (χ2v) is 6.11. The number of hydrogen-bond acceptors (Lipinski definition) is 4. The maximum absolute atomic E-state index is 11.9. The Morgan fingerprint density at radius 2 is 1.85 bits per heavy atom. The Balaban J connectivity index is 1.84. The molecule has 2 aromatic rings. The molecule has 1 aromatic heterocycles. The first-order chi connectivity index (χ1) is 9.62. The minimum atomic E-state index is -3.58. The molecule has 6 heteroatoms. The van der Waals surface area contributed by atoms with Crippen LogP contribution in [0.2, 0.25) is 0 Å². The van der Waals surface area contributed by atoms with Gasteiger partial charge in [-0.1, -0.05) is 30.3 Å². The maximum Gasteiger partial charge on any atom is 0.273 e. The predicted octanol–water partition coefficient (Wildman–Crippen LogP) is 1.65. The highest BCUT2D eigenvalue weighted by Gasteiger charge is 2.17. The zero-order valence-corrected chi connectivity index (χ0v) is 11.9. The lowest BCUT2D eigenvalue weighted by Gasteiger charge is -2.04. The van der Waals surface area contributed by atoms with Crippen molar-refractivity contribution >= 4 is 10.0 Å². The Morgan fingerprint density at radius 1 is 1.10 bits per heavy atom. The van der Waals surface area contributed by atoms with Gasteiger partial charge >= 0.3 is 0 Å². The van der Waals surface area contributed by atoms with Crippen LogP contribution in [0.4, 0.5) is 0 Å². The molecule has 0 fully saturated rings. The molecule has 0 aliphatic heterocycles. The van der Waals surface area contributed by atoms with E-state index in [1.54, 1.807) is 6.07 Å². The van der Waals surface area contributed by atoms with Gasteiger partial charge in [-0.15, -0.1) is 0 Å². The molecule has 0 spiro atoms. The van der Waals surface area contributed by atoms with Crippen molar-refractivity contribution in [3.8, 4) is 0 Å². The first-order valence-corrected chi connectivity index (χ1v) is 7.92. The quantitative estimate of drug-likeness (QED) is 0.760. The standard InChI is InChI=1S/C14H18N2O3S/c15-11-13-8-9-14(19-13)20(17,18)16-10-4-7-12-5-2-1-3-6-12/h1-3,5-6,8-9,16H,4,7,10-11,15H2. The number of rotatable bonds is 7. The molecule has 0 aliphatic rings. The Labute approximate surface area is 118 Å². The van der Waals surface area contributed by atoms with Crippen LogP contribution in [-0.4, -0.2) is 15.0 Å². The highest BCUT2D eigenvalue weighted by atomic mass is 32.2. The van der Waals surface area contributed by atoms with Crippen LogP contribution in [0, 0.1) is 0 Å². The van der Waals surface area contributed by atoms with Crippen molar-refractivity contribution in [2.24, 2.45) is 5.73 Å². The molecule has 3 N–H and O–H groups in total. The van der Waals surface area contributed by atoms with Crippen molar-refractivity contribution in [3.63, 3.8) is 0 Å². The molecule has 0 aliphatic carbocycles. The van der Waals surface area contributed by atoms with Crippen molar-refractivity contribution in [2.45, 2.75) is 24.5 Å². The van der Waals surface area contributed by atoms with Gasteiger partial charge in [0, 0.05) is 6.54 Å². The molecule has 0 bridgehead atoms. The summed E-state index contributed by atoms with van der Waals surface area (Å²) in [6.45, 7) is 0.555. The van der Waals surface area contributed by atoms with Crippen LogP contribution in [0.5, 0.6) is 0 Å². The lowest BCUT2D eigenvalue weighted by atomic mass is 10.1. The van der Waals surface area contributed by atoms with Gasteiger partial charge in [0.25, 0.3) is 10.0 Å². The Hall–Kier alpha value is -1.63. The van der Waals surface area contributed by atoms with E-state index in [9.17, 15) is 8.42 Å². The van der Waals surface area contributed by atoms with Crippen LogP contribution in [0.1, 0.15) is 17.7 Å². The Kier molecular flexibility index (Phi) is 4.94. The predicted molar refractivity (Wildman–Crippen MR) is 76.6 cm³/mol. The van der Waals surface area contributed by atoms with E-state index < -0.39 is 10.0 Å². The third-order valence-corrected chi connectivity index (χ3v) is 4.21. The molecular weight excluding hydrogens is 276 g/mol. The van der Waals surface area contributed by atoms with E-state index in [0.29, 0.717) is 12.3 Å². The smallest absolute Gasteiger partial charge is 0.273 e. The van der Waals surface area contributed by atoms with Crippen molar-refractivity contribution in [1.29, 1.82) is 0 Å². The van der Waals surface area contributed by atoms with Crippen LogP contribution < -0.4 is 10.5 Å². The van der Waals surface area contributed by atoms with E-state index in [0.717, 1.165) is 12.8 Å². The van der Waals surface area contributed by atoms with Gasteiger partial charge < -0.3 is 10.2 Å². The summed E-state index contributed by atoms with van der Waals surface area (Å²) in [5.41, 5.74) is 6.57. The zero-order chi connectivity index (χ0) is 14.4. The third-order valence-electron chi connectivity index (χ3n) is 2.88. The van der Waals surface area contributed by atoms with Gasteiger partial charge in [-0.25, -0.2) is 13.1 Å². The van der Waals surface area contributed by atoms with E-state index in [4.69, 9.17) is 10.2 Å². The summed E-state index contributed by atoms with van der Waals surface area (Å²) in [6, 6.07) is 12.9. The van der Waals surface area contributed by atoms with Crippen molar-refractivity contribution in [1.82, 2.24) is 4.72 Å². The first kappa shape index (κ1) is 14.8. The molecule has 0 amide bonds. The van der Waals surface area contributed by atoms with Crippen molar-refractivity contribution in [2.75, 3.05) is 6.54 Å². The molecular formula is C14H18N2O3S. The number of sulfonamides is 1. The lowest BCUT2D eigenvalue weighted by molar-refractivity contribution is 0.412. The summed E-state index contributed by atoms with van der Waals surface area (Å²) < 4.78 is 31.5. The fourth-order valence-electron chi connectivity index (χ4n) is 1.83. The van der Waals surface area contributed by atoms with Gasteiger partial charge in [-0.05, 0) is 30.5 Å². The minimum absolute atomic E-state index is 0.0855. The topological polar surface area (TPSA) is 85.3 Å². The minimum Gasteiger partial charge on any atom is -0.447 e. The highest BCUT2D eigenvalue weighted by molar-refractivity contribution is 7.89. The van der Waals surface area contributed by atoms with Crippen LogP contribution in [0.3, 0.4) is 0 Å². The van der Waals surface area contributed by atoms with Crippen LogP contribution in [0.25, 0.3) is 0 Å². The fraction of sp³-hybridized carbons (Fsp3) is 0.286. The number of nitrogens with two attached hydrogens (primary N) is 1. The van der Waals surface area contributed by atoms with E-state index in [-0.39, 0.29) is 11.6 Å². The van der Waals surface area contributed by atoms with Gasteiger partial charge in [-0.3, -0.25) is 0 Å². The van der Waals surface area contributed by atoms with Gasteiger partial charge in [0.1, 0.15) is 5.76 Å². The van der Waals surface area contributed by atoms with Crippen LogP contribution in [-0.2, 0) is 23.0 Å². The molecule has 0 atom stereocenters. The molecule has 5 nitrogen and oxygen atoms in total. The highest BCUT2D eigenvalue weighted by Crippen LogP contribution is 2.13. The van der Waals surface area contributed by atoms with Gasteiger partial charge in [0.05, 0.1) is 6.54 Å².